The number of morpholine rings is 1. The molecule has 1 heterocycles. The molecule has 0 spiro atoms. The predicted molar refractivity (Wildman–Crippen MR) is 70.4 cm³/mol. The highest BCUT2D eigenvalue weighted by atomic mass is 32.1. The molecule has 90 valence electrons. The average molecular weight is 251 g/mol. The molecule has 1 saturated heterocycles. The van der Waals surface area contributed by atoms with Gasteiger partial charge in [0.05, 0.1) is 13.2 Å². The van der Waals surface area contributed by atoms with E-state index in [0.29, 0.717) is 29.2 Å². The van der Waals surface area contributed by atoms with Gasteiger partial charge in [0.25, 0.3) is 0 Å². The third kappa shape index (κ3) is 2.84. The minimum Gasteiger partial charge on any atom is -0.423 e. The maximum atomic E-state index is 9.30. The Morgan fingerprint density at radius 3 is 2.53 bits per heavy atom. The standard InChI is InChI=1S/C11H14BNO3S/c14-12(15)10-4-2-1-3-9(10)11(17)13-5-7-16-8-6-13/h1-4,14-15H,5-8H2. The number of benzene rings is 1. The number of ether oxygens (including phenoxy) is 1. The smallest absolute Gasteiger partial charge is 0.423 e. The lowest BCUT2D eigenvalue weighted by Crippen LogP contribution is -2.44. The van der Waals surface area contributed by atoms with Gasteiger partial charge in [0.2, 0.25) is 0 Å². The van der Waals surface area contributed by atoms with Crippen LogP contribution in [0.25, 0.3) is 0 Å². The first-order chi connectivity index (χ1) is 8.20. The Morgan fingerprint density at radius 2 is 1.88 bits per heavy atom. The lowest BCUT2D eigenvalue weighted by atomic mass is 9.77. The van der Waals surface area contributed by atoms with E-state index < -0.39 is 7.12 Å². The van der Waals surface area contributed by atoms with Crippen molar-refractivity contribution in [2.75, 3.05) is 26.3 Å². The summed E-state index contributed by atoms with van der Waals surface area (Å²) in [5.41, 5.74) is 1.16. The third-order valence-electron chi connectivity index (χ3n) is 2.77. The highest BCUT2D eigenvalue weighted by molar-refractivity contribution is 7.80. The number of rotatable bonds is 2. The zero-order valence-corrected chi connectivity index (χ0v) is 10.2. The van der Waals surface area contributed by atoms with Crippen molar-refractivity contribution in [2.24, 2.45) is 0 Å². The van der Waals surface area contributed by atoms with Crippen LogP contribution in [0.3, 0.4) is 0 Å². The van der Waals surface area contributed by atoms with Crippen LogP contribution in [0.15, 0.2) is 24.3 Å². The molecule has 0 bridgehead atoms. The molecule has 1 aromatic carbocycles. The first-order valence-electron chi connectivity index (χ1n) is 5.52. The Kier molecular flexibility index (Phi) is 4.12. The lowest BCUT2D eigenvalue weighted by Gasteiger charge is -2.30. The van der Waals surface area contributed by atoms with Crippen LogP contribution in [0.5, 0.6) is 0 Å². The van der Waals surface area contributed by atoms with E-state index in [1.807, 2.05) is 17.0 Å². The van der Waals surface area contributed by atoms with E-state index in [4.69, 9.17) is 17.0 Å². The Bertz CT molecular complexity index is 407. The molecule has 0 aliphatic carbocycles. The fraction of sp³-hybridized carbons (Fsp3) is 0.364. The minimum absolute atomic E-state index is 0.448. The number of hydrogen-bond acceptors (Lipinski definition) is 4. The van der Waals surface area contributed by atoms with Gasteiger partial charge in [-0.1, -0.05) is 36.5 Å². The Morgan fingerprint density at radius 1 is 1.24 bits per heavy atom. The molecule has 0 aromatic heterocycles. The normalized spacial score (nSPS) is 15.8. The van der Waals surface area contributed by atoms with E-state index in [1.54, 1.807) is 12.1 Å². The summed E-state index contributed by atoms with van der Waals surface area (Å²) in [5.74, 6) is 0. The van der Waals surface area contributed by atoms with Crippen LogP contribution in [-0.2, 0) is 4.74 Å². The molecule has 1 aliphatic heterocycles. The van der Waals surface area contributed by atoms with Crippen molar-refractivity contribution in [3.8, 4) is 0 Å². The predicted octanol–water partition coefficient (Wildman–Crippen LogP) is -0.626. The van der Waals surface area contributed by atoms with Gasteiger partial charge in [0.1, 0.15) is 4.99 Å². The van der Waals surface area contributed by atoms with Crippen LogP contribution in [0, 0.1) is 0 Å². The fourth-order valence-electron chi connectivity index (χ4n) is 1.85. The Labute approximate surface area is 106 Å². The van der Waals surface area contributed by atoms with Crippen molar-refractivity contribution in [3.05, 3.63) is 29.8 Å². The maximum absolute atomic E-state index is 9.30. The van der Waals surface area contributed by atoms with Crippen molar-refractivity contribution < 1.29 is 14.8 Å². The molecule has 1 aromatic rings. The van der Waals surface area contributed by atoms with Gasteiger partial charge in [0.15, 0.2) is 0 Å². The van der Waals surface area contributed by atoms with Gasteiger partial charge < -0.3 is 19.7 Å². The summed E-state index contributed by atoms with van der Waals surface area (Å²) in [4.78, 5) is 2.68. The Hall–Kier alpha value is -0.945. The van der Waals surface area contributed by atoms with Crippen molar-refractivity contribution >= 4 is 29.8 Å². The second-order valence-corrected chi connectivity index (χ2v) is 4.25. The molecular formula is C11H14BNO3S. The Balaban J connectivity index is 2.23. The highest BCUT2D eigenvalue weighted by Gasteiger charge is 2.21. The first-order valence-corrected chi connectivity index (χ1v) is 5.93. The maximum Gasteiger partial charge on any atom is 0.489 e. The van der Waals surface area contributed by atoms with Crippen molar-refractivity contribution in [2.45, 2.75) is 0 Å². The highest BCUT2D eigenvalue weighted by Crippen LogP contribution is 2.07. The van der Waals surface area contributed by atoms with Crippen LogP contribution in [0.2, 0.25) is 0 Å². The summed E-state index contributed by atoms with van der Waals surface area (Å²) in [6.07, 6.45) is 0. The summed E-state index contributed by atoms with van der Waals surface area (Å²) < 4.78 is 5.26. The molecule has 2 N–H and O–H groups in total. The molecule has 2 rings (SSSR count). The quantitative estimate of drug-likeness (QED) is 0.541. The fourth-order valence-corrected chi connectivity index (χ4v) is 2.22. The molecule has 4 nitrogen and oxygen atoms in total. The lowest BCUT2D eigenvalue weighted by molar-refractivity contribution is 0.0693. The van der Waals surface area contributed by atoms with Crippen LogP contribution in [-0.4, -0.2) is 53.4 Å². The van der Waals surface area contributed by atoms with E-state index in [-0.39, 0.29) is 0 Å². The molecule has 1 aliphatic rings. The SMILES string of the molecule is OB(O)c1ccccc1C(=S)N1CCOCC1. The van der Waals surface area contributed by atoms with Gasteiger partial charge in [-0.05, 0) is 5.46 Å². The van der Waals surface area contributed by atoms with E-state index in [0.717, 1.165) is 13.1 Å². The van der Waals surface area contributed by atoms with Crippen LogP contribution >= 0.6 is 12.2 Å². The number of hydrogen-bond donors (Lipinski definition) is 2. The summed E-state index contributed by atoms with van der Waals surface area (Å²) in [5, 5.41) is 18.6. The molecule has 1 fully saturated rings. The monoisotopic (exact) mass is 251 g/mol. The van der Waals surface area contributed by atoms with E-state index in [9.17, 15) is 10.0 Å². The summed E-state index contributed by atoms with van der Waals surface area (Å²) in [6.45, 7) is 2.80. The zero-order chi connectivity index (χ0) is 12.3. The number of nitrogens with zero attached hydrogens (tertiary/aromatic N) is 1. The summed E-state index contributed by atoms with van der Waals surface area (Å²) >= 11 is 5.40. The summed E-state index contributed by atoms with van der Waals surface area (Å²) in [7, 11) is -1.50. The van der Waals surface area contributed by atoms with Gasteiger partial charge in [-0.2, -0.15) is 0 Å². The number of thiocarbonyl (C=S) groups is 1. The van der Waals surface area contributed by atoms with Crippen molar-refractivity contribution in [3.63, 3.8) is 0 Å². The zero-order valence-electron chi connectivity index (χ0n) is 9.37. The molecule has 0 unspecified atom stereocenters. The van der Waals surface area contributed by atoms with Gasteiger partial charge in [0, 0.05) is 18.7 Å². The molecule has 6 heteroatoms. The molecule has 0 atom stereocenters. The summed E-state index contributed by atoms with van der Waals surface area (Å²) in [6, 6.07) is 7.09. The van der Waals surface area contributed by atoms with Gasteiger partial charge in [-0.25, -0.2) is 0 Å². The minimum atomic E-state index is -1.50. The topological polar surface area (TPSA) is 52.9 Å². The first kappa shape index (κ1) is 12.5. The van der Waals surface area contributed by atoms with Crippen LogP contribution in [0.4, 0.5) is 0 Å². The average Bonchev–Trinajstić information content (AvgIpc) is 2.39. The van der Waals surface area contributed by atoms with Crippen LogP contribution in [0.1, 0.15) is 5.56 Å². The third-order valence-corrected chi connectivity index (χ3v) is 3.25. The van der Waals surface area contributed by atoms with Gasteiger partial charge in [-0.15, -0.1) is 0 Å². The second-order valence-electron chi connectivity index (χ2n) is 3.87. The van der Waals surface area contributed by atoms with E-state index in [2.05, 4.69) is 0 Å². The van der Waals surface area contributed by atoms with Gasteiger partial charge in [-0.3, -0.25) is 0 Å². The molecular weight excluding hydrogens is 237 g/mol. The van der Waals surface area contributed by atoms with E-state index >= 15 is 0 Å². The van der Waals surface area contributed by atoms with Crippen molar-refractivity contribution in [1.29, 1.82) is 0 Å². The molecule has 0 saturated carbocycles. The van der Waals surface area contributed by atoms with Crippen LogP contribution < -0.4 is 5.46 Å². The second kappa shape index (κ2) is 5.60. The van der Waals surface area contributed by atoms with Crippen molar-refractivity contribution in [1.82, 2.24) is 4.90 Å². The largest absolute Gasteiger partial charge is 0.489 e. The van der Waals surface area contributed by atoms with Gasteiger partial charge >= 0.3 is 7.12 Å². The van der Waals surface area contributed by atoms with E-state index in [1.165, 1.54) is 0 Å². The molecule has 0 amide bonds. The molecule has 17 heavy (non-hydrogen) atoms. The molecule has 0 radical (unpaired) electrons.